The van der Waals surface area contributed by atoms with Gasteiger partial charge in [0.05, 0.1) is 15.5 Å². The fourth-order valence-corrected chi connectivity index (χ4v) is 2.06. The molecule has 0 aliphatic rings. The van der Waals surface area contributed by atoms with Crippen LogP contribution in [0.2, 0.25) is 5.02 Å². The van der Waals surface area contributed by atoms with Crippen molar-refractivity contribution in [3.63, 3.8) is 0 Å². The maximum atomic E-state index is 10.7. The highest BCUT2D eigenvalue weighted by molar-refractivity contribution is 9.08. The highest BCUT2D eigenvalue weighted by Gasteiger charge is 2.18. The Morgan fingerprint density at radius 1 is 1.62 bits per heavy atom. The molecular formula is C8H7BrClNO2. The van der Waals surface area contributed by atoms with Gasteiger partial charge in [-0.15, -0.1) is 0 Å². The maximum absolute atomic E-state index is 10.7. The van der Waals surface area contributed by atoms with Crippen LogP contribution in [0.5, 0.6) is 0 Å². The minimum atomic E-state index is -0.405. The molecule has 0 aliphatic carbocycles. The Kier molecular flexibility index (Phi) is 3.27. The first kappa shape index (κ1) is 10.5. The number of benzene rings is 1. The second-order valence-corrected chi connectivity index (χ2v) is 3.55. The number of nitro benzene ring substituents is 1. The molecule has 0 bridgehead atoms. The van der Waals surface area contributed by atoms with E-state index in [1.54, 1.807) is 19.1 Å². The maximum Gasteiger partial charge on any atom is 0.277 e. The first-order valence-electron chi connectivity index (χ1n) is 3.56. The Balaban J connectivity index is 3.43. The van der Waals surface area contributed by atoms with E-state index in [9.17, 15) is 10.1 Å². The first-order valence-corrected chi connectivity index (χ1v) is 5.06. The molecule has 0 amide bonds. The number of rotatable bonds is 2. The summed E-state index contributed by atoms with van der Waals surface area (Å²) in [5, 5.41) is 11.5. The Hall–Kier alpha value is -0.610. The monoisotopic (exact) mass is 263 g/mol. The quantitative estimate of drug-likeness (QED) is 0.466. The van der Waals surface area contributed by atoms with Gasteiger partial charge in [0.2, 0.25) is 0 Å². The second-order valence-electron chi connectivity index (χ2n) is 2.58. The second kappa shape index (κ2) is 4.07. The van der Waals surface area contributed by atoms with E-state index in [2.05, 4.69) is 15.9 Å². The molecule has 1 rings (SSSR count). The summed E-state index contributed by atoms with van der Waals surface area (Å²) in [6.07, 6.45) is 0. The van der Waals surface area contributed by atoms with E-state index in [0.717, 1.165) is 0 Å². The van der Waals surface area contributed by atoms with E-state index in [1.165, 1.54) is 0 Å². The van der Waals surface area contributed by atoms with Gasteiger partial charge < -0.3 is 0 Å². The standard InChI is InChI=1S/C8H7BrClNO2/c1-5-2-3-7(10)6(4-9)8(5)11(12)13/h2-3H,4H2,1H3. The van der Waals surface area contributed by atoms with Gasteiger partial charge in [-0.25, -0.2) is 0 Å². The zero-order chi connectivity index (χ0) is 10.0. The molecule has 0 unspecified atom stereocenters. The third-order valence-electron chi connectivity index (χ3n) is 1.74. The molecule has 0 aromatic heterocycles. The fourth-order valence-electron chi connectivity index (χ4n) is 1.11. The average molecular weight is 265 g/mol. The van der Waals surface area contributed by atoms with E-state index >= 15 is 0 Å². The van der Waals surface area contributed by atoms with Crippen molar-refractivity contribution in [1.29, 1.82) is 0 Å². The van der Waals surface area contributed by atoms with E-state index in [0.29, 0.717) is 21.5 Å². The van der Waals surface area contributed by atoms with E-state index in [1.807, 2.05) is 0 Å². The van der Waals surface area contributed by atoms with Crippen molar-refractivity contribution in [3.8, 4) is 0 Å². The zero-order valence-electron chi connectivity index (χ0n) is 6.88. The summed E-state index contributed by atoms with van der Waals surface area (Å²) < 4.78 is 0. The Morgan fingerprint density at radius 3 is 2.62 bits per heavy atom. The molecule has 0 fully saturated rings. The van der Waals surface area contributed by atoms with Crippen LogP contribution in [0, 0.1) is 17.0 Å². The largest absolute Gasteiger partial charge is 0.277 e. The number of hydrogen-bond donors (Lipinski definition) is 0. The summed E-state index contributed by atoms with van der Waals surface area (Å²) in [6, 6.07) is 3.31. The van der Waals surface area contributed by atoms with Gasteiger partial charge >= 0.3 is 0 Å². The Bertz CT molecular complexity index is 354. The van der Waals surface area contributed by atoms with Gasteiger partial charge in [-0.1, -0.05) is 33.6 Å². The minimum Gasteiger partial charge on any atom is -0.258 e. The number of aryl methyl sites for hydroxylation is 1. The third-order valence-corrected chi connectivity index (χ3v) is 2.66. The van der Waals surface area contributed by atoms with Crippen LogP contribution in [0.1, 0.15) is 11.1 Å². The predicted molar refractivity (Wildman–Crippen MR) is 55.5 cm³/mol. The van der Waals surface area contributed by atoms with E-state index in [-0.39, 0.29) is 5.69 Å². The van der Waals surface area contributed by atoms with Crippen molar-refractivity contribution in [3.05, 3.63) is 38.4 Å². The molecule has 0 N–H and O–H groups in total. The molecule has 3 nitrogen and oxygen atoms in total. The molecule has 5 heteroatoms. The Labute approximate surface area is 89.0 Å². The van der Waals surface area contributed by atoms with Crippen molar-refractivity contribution in [1.82, 2.24) is 0 Å². The summed E-state index contributed by atoms with van der Waals surface area (Å²) in [5.74, 6) is 0. The zero-order valence-corrected chi connectivity index (χ0v) is 9.22. The molecule has 1 aromatic carbocycles. The number of nitrogens with zero attached hydrogens (tertiary/aromatic N) is 1. The highest BCUT2D eigenvalue weighted by atomic mass is 79.9. The van der Waals surface area contributed by atoms with Crippen molar-refractivity contribution in [2.75, 3.05) is 0 Å². The molecular weight excluding hydrogens is 257 g/mol. The van der Waals surface area contributed by atoms with Gasteiger partial charge in [0.1, 0.15) is 0 Å². The molecule has 0 saturated carbocycles. The van der Waals surface area contributed by atoms with E-state index < -0.39 is 4.92 Å². The van der Waals surface area contributed by atoms with Gasteiger partial charge in [-0.3, -0.25) is 10.1 Å². The van der Waals surface area contributed by atoms with Gasteiger partial charge in [-0.2, -0.15) is 0 Å². The van der Waals surface area contributed by atoms with Crippen molar-refractivity contribution < 1.29 is 4.92 Å². The lowest BCUT2D eigenvalue weighted by atomic mass is 10.1. The number of nitro groups is 1. The van der Waals surface area contributed by atoms with E-state index in [4.69, 9.17) is 11.6 Å². The Morgan fingerprint density at radius 2 is 2.23 bits per heavy atom. The van der Waals surface area contributed by atoms with Crippen molar-refractivity contribution >= 4 is 33.2 Å². The summed E-state index contributed by atoms with van der Waals surface area (Å²) in [6.45, 7) is 1.70. The summed E-state index contributed by atoms with van der Waals surface area (Å²) in [4.78, 5) is 10.3. The molecule has 70 valence electrons. The summed E-state index contributed by atoms with van der Waals surface area (Å²) in [5.41, 5.74) is 1.26. The summed E-state index contributed by atoms with van der Waals surface area (Å²) in [7, 11) is 0. The van der Waals surface area contributed by atoms with Crippen LogP contribution in [0.25, 0.3) is 0 Å². The van der Waals surface area contributed by atoms with Crippen molar-refractivity contribution in [2.45, 2.75) is 12.3 Å². The molecule has 1 aromatic rings. The highest BCUT2D eigenvalue weighted by Crippen LogP contribution is 2.31. The third kappa shape index (κ3) is 2.00. The molecule has 0 saturated heterocycles. The molecule has 0 atom stereocenters. The molecule has 0 radical (unpaired) electrons. The van der Waals surface area contributed by atoms with Crippen molar-refractivity contribution in [2.24, 2.45) is 0 Å². The smallest absolute Gasteiger partial charge is 0.258 e. The SMILES string of the molecule is Cc1ccc(Cl)c(CBr)c1[N+](=O)[O-]. The average Bonchev–Trinajstić information content (AvgIpc) is 2.07. The normalized spacial score (nSPS) is 10.1. The topological polar surface area (TPSA) is 43.1 Å². The minimum absolute atomic E-state index is 0.101. The van der Waals surface area contributed by atoms with Crippen LogP contribution in [-0.2, 0) is 5.33 Å². The lowest BCUT2D eigenvalue weighted by Gasteiger charge is -2.03. The molecule has 0 heterocycles. The van der Waals surface area contributed by atoms with Crippen LogP contribution in [0.3, 0.4) is 0 Å². The first-order chi connectivity index (χ1) is 6.07. The van der Waals surface area contributed by atoms with Gasteiger partial charge in [-0.05, 0) is 13.0 Å². The van der Waals surface area contributed by atoms with Gasteiger partial charge in [0.25, 0.3) is 5.69 Å². The number of halogens is 2. The predicted octanol–water partition coefficient (Wildman–Crippen LogP) is 3.45. The molecule has 13 heavy (non-hydrogen) atoms. The lowest BCUT2D eigenvalue weighted by molar-refractivity contribution is -0.386. The lowest BCUT2D eigenvalue weighted by Crippen LogP contribution is -1.97. The van der Waals surface area contributed by atoms with Crippen LogP contribution in [0.15, 0.2) is 12.1 Å². The molecule has 0 spiro atoms. The van der Waals surface area contributed by atoms with Gasteiger partial charge in [0.15, 0.2) is 0 Å². The van der Waals surface area contributed by atoms with Crippen LogP contribution >= 0.6 is 27.5 Å². The van der Waals surface area contributed by atoms with Crippen LogP contribution in [-0.4, -0.2) is 4.92 Å². The number of alkyl halides is 1. The fraction of sp³-hybridized carbons (Fsp3) is 0.250. The van der Waals surface area contributed by atoms with Gasteiger partial charge in [0, 0.05) is 10.9 Å². The number of hydrogen-bond acceptors (Lipinski definition) is 2. The van der Waals surface area contributed by atoms with Crippen LogP contribution in [0.4, 0.5) is 5.69 Å². The molecule has 0 aliphatic heterocycles. The van der Waals surface area contributed by atoms with Crippen LogP contribution < -0.4 is 0 Å². The summed E-state index contributed by atoms with van der Waals surface area (Å²) >= 11 is 8.98.